The largest absolute Gasteiger partial charge is 0.462 e. The molecular formula is C53H78O6. The summed E-state index contributed by atoms with van der Waals surface area (Å²) >= 11 is 0. The fourth-order valence-corrected chi connectivity index (χ4v) is 5.10. The van der Waals surface area contributed by atoms with Gasteiger partial charge in [-0.1, -0.05) is 167 Å². The summed E-state index contributed by atoms with van der Waals surface area (Å²) in [5.41, 5.74) is 0. The van der Waals surface area contributed by atoms with Gasteiger partial charge in [-0.2, -0.15) is 0 Å². The van der Waals surface area contributed by atoms with Gasteiger partial charge in [0.05, 0.1) is 0 Å². The Labute approximate surface area is 359 Å². The number of hydrogen-bond donors (Lipinski definition) is 0. The highest BCUT2D eigenvalue weighted by atomic mass is 16.6. The van der Waals surface area contributed by atoms with Crippen LogP contribution in [-0.2, 0) is 28.6 Å². The SMILES string of the molecule is CC/C=C\C/C=C\C/C=C\C/C=C\C/C=C\C/C=C\CCC(=O)OCC(COC(=O)CCC/C=C\C/C=C\C/C=C\CC)OC(=O)CCC/C=C\C/C=C\C/C=C\CC. The molecule has 6 nitrogen and oxygen atoms in total. The zero-order valence-corrected chi connectivity index (χ0v) is 36.9. The van der Waals surface area contributed by atoms with Crippen molar-refractivity contribution in [3.05, 3.63) is 146 Å². The summed E-state index contributed by atoms with van der Waals surface area (Å²) in [5.74, 6) is -1.17. The van der Waals surface area contributed by atoms with Gasteiger partial charge in [0.2, 0.25) is 0 Å². The van der Waals surface area contributed by atoms with Crippen LogP contribution in [0.4, 0.5) is 0 Å². The molecule has 0 aliphatic carbocycles. The van der Waals surface area contributed by atoms with Crippen molar-refractivity contribution in [1.29, 1.82) is 0 Å². The van der Waals surface area contributed by atoms with Gasteiger partial charge in [-0.25, -0.2) is 0 Å². The Hall–Kier alpha value is -4.71. The molecule has 6 heteroatoms. The molecule has 0 saturated heterocycles. The molecule has 0 rings (SSSR count). The van der Waals surface area contributed by atoms with Crippen molar-refractivity contribution in [2.45, 2.75) is 155 Å². The maximum Gasteiger partial charge on any atom is 0.306 e. The lowest BCUT2D eigenvalue weighted by molar-refractivity contribution is -0.166. The number of rotatable bonds is 37. The third-order valence-corrected chi connectivity index (χ3v) is 8.33. The van der Waals surface area contributed by atoms with Gasteiger partial charge in [0.1, 0.15) is 13.2 Å². The smallest absolute Gasteiger partial charge is 0.306 e. The minimum Gasteiger partial charge on any atom is -0.462 e. The van der Waals surface area contributed by atoms with Crippen molar-refractivity contribution in [3.8, 4) is 0 Å². The van der Waals surface area contributed by atoms with Crippen LogP contribution in [0, 0.1) is 0 Å². The third-order valence-electron chi connectivity index (χ3n) is 8.33. The Morgan fingerprint density at radius 2 is 0.610 bits per heavy atom. The van der Waals surface area contributed by atoms with Crippen molar-refractivity contribution < 1.29 is 28.6 Å². The van der Waals surface area contributed by atoms with Crippen LogP contribution in [0.5, 0.6) is 0 Å². The normalized spacial score (nSPS) is 13.5. The van der Waals surface area contributed by atoms with E-state index in [-0.39, 0.29) is 38.4 Å². The van der Waals surface area contributed by atoms with Gasteiger partial charge in [0.25, 0.3) is 0 Å². The summed E-state index contributed by atoms with van der Waals surface area (Å²) in [7, 11) is 0. The molecule has 0 bridgehead atoms. The fraction of sp³-hybridized carbons (Fsp3) is 0.491. The molecule has 0 amide bonds. The first-order chi connectivity index (χ1) is 29.0. The molecule has 0 N–H and O–H groups in total. The van der Waals surface area contributed by atoms with E-state index in [4.69, 9.17) is 14.2 Å². The second-order valence-electron chi connectivity index (χ2n) is 13.8. The Balaban J connectivity index is 4.62. The number of carbonyl (C=O) groups excluding carboxylic acids is 3. The minimum atomic E-state index is -0.859. The Morgan fingerprint density at radius 1 is 0.339 bits per heavy atom. The van der Waals surface area contributed by atoms with E-state index in [1.165, 1.54) is 0 Å². The summed E-state index contributed by atoms with van der Waals surface area (Å²) in [6, 6.07) is 0. The minimum absolute atomic E-state index is 0.155. The zero-order valence-electron chi connectivity index (χ0n) is 36.9. The molecule has 0 fully saturated rings. The van der Waals surface area contributed by atoms with Crippen molar-refractivity contribution in [1.82, 2.24) is 0 Å². The summed E-state index contributed by atoms with van der Waals surface area (Å²) in [5, 5.41) is 0. The first-order valence-corrected chi connectivity index (χ1v) is 22.3. The highest BCUT2D eigenvalue weighted by Crippen LogP contribution is 2.08. The van der Waals surface area contributed by atoms with E-state index >= 15 is 0 Å². The second-order valence-corrected chi connectivity index (χ2v) is 13.8. The molecule has 0 aliphatic rings. The number of carbonyl (C=O) groups is 3. The molecule has 0 aromatic heterocycles. The predicted molar refractivity (Wildman–Crippen MR) is 251 cm³/mol. The van der Waals surface area contributed by atoms with Crippen LogP contribution in [0.3, 0.4) is 0 Å². The molecule has 0 aromatic rings. The van der Waals surface area contributed by atoms with Gasteiger partial charge in [-0.3, -0.25) is 14.4 Å². The topological polar surface area (TPSA) is 78.9 Å². The molecule has 0 aromatic carbocycles. The van der Waals surface area contributed by atoms with Crippen molar-refractivity contribution in [2.24, 2.45) is 0 Å². The molecule has 0 radical (unpaired) electrons. The maximum atomic E-state index is 12.7. The van der Waals surface area contributed by atoms with Crippen molar-refractivity contribution in [2.75, 3.05) is 13.2 Å². The van der Waals surface area contributed by atoms with Crippen LogP contribution in [0.2, 0.25) is 0 Å². The lowest BCUT2D eigenvalue weighted by Gasteiger charge is -2.18. The Bertz CT molecular complexity index is 1390. The first kappa shape index (κ1) is 54.3. The van der Waals surface area contributed by atoms with Gasteiger partial charge in [0, 0.05) is 19.3 Å². The molecule has 0 saturated carbocycles. The summed E-state index contributed by atoms with van der Waals surface area (Å²) < 4.78 is 16.5. The molecule has 0 aliphatic heterocycles. The standard InChI is InChI=1S/C53H78O6/c1-4-7-10-13-16-19-22-23-24-25-26-27-28-29-32-34-37-40-43-46-52(55)58-49-50(59-53(56)47-44-41-38-35-31-21-18-15-12-9-6-3)48-57-51(54)45-42-39-36-33-30-20-17-14-11-8-5-2/h7-12,16-21,23-24,26-27,29,32-33,35-38,40,50H,4-6,13-15,22,25,28,30-31,34,39,41-49H2,1-3H3/b10-7-,11-8-,12-9-,19-16-,20-17-,21-18-,24-23-,27-26-,32-29-,36-33-,38-35-,40-37-. The lowest BCUT2D eigenvalue weighted by Crippen LogP contribution is -2.30. The predicted octanol–water partition coefficient (Wildman–Crippen LogP) is 14.5. The second kappa shape index (κ2) is 46.0. The van der Waals surface area contributed by atoms with Crippen LogP contribution in [-0.4, -0.2) is 37.2 Å². The van der Waals surface area contributed by atoms with E-state index in [2.05, 4.69) is 154 Å². The number of esters is 3. The van der Waals surface area contributed by atoms with Crippen LogP contribution < -0.4 is 0 Å². The third kappa shape index (κ3) is 44.2. The molecule has 59 heavy (non-hydrogen) atoms. The van der Waals surface area contributed by atoms with Gasteiger partial charge in [0.15, 0.2) is 6.10 Å². The number of allylic oxidation sites excluding steroid dienone is 24. The van der Waals surface area contributed by atoms with E-state index in [9.17, 15) is 14.4 Å². The van der Waals surface area contributed by atoms with E-state index in [0.29, 0.717) is 19.3 Å². The van der Waals surface area contributed by atoms with Crippen molar-refractivity contribution in [3.63, 3.8) is 0 Å². The average Bonchev–Trinajstić information content (AvgIpc) is 3.23. The quantitative estimate of drug-likeness (QED) is 0.0269. The van der Waals surface area contributed by atoms with E-state index in [1.807, 2.05) is 12.2 Å². The van der Waals surface area contributed by atoms with E-state index < -0.39 is 18.0 Å². The van der Waals surface area contributed by atoms with E-state index in [1.54, 1.807) is 0 Å². The van der Waals surface area contributed by atoms with Crippen molar-refractivity contribution >= 4 is 17.9 Å². The summed E-state index contributed by atoms with van der Waals surface area (Å²) in [6.07, 6.45) is 65.8. The summed E-state index contributed by atoms with van der Waals surface area (Å²) in [4.78, 5) is 37.6. The molecule has 0 spiro atoms. The number of hydrogen-bond acceptors (Lipinski definition) is 6. The number of ether oxygens (including phenoxy) is 3. The molecular weight excluding hydrogens is 733 g/mol. The zero-order chi connectivity index (χ0) is 43.0. The Morgan fingerprint density at radius 3 is 0.949 bits per heavy atom. The van der Waals surface area contributed by atoms with Gasteiger partial charge < -0.3 is 14.2 Å². The monoisotopic (exact) mass is 811 g/mol. The lowest BCUT2D eigenvalue weighted by atomic mass is 10.2. The maximum absolute atomic E-state index is 12.7. The Kier molecular flexibility index (Phi) is 42.3. The molecule has 326 valence electrons. The van der Waals surface area contributed by atoms with Gasteiger partial charge >= 0.3 is 17.9 Å². The van der Waals surface area contributed by atoms with Crippen LogP contribution in [0.25, 0.3) is 0 Å². The van der Waals surface area contributed by atoms with Crippen LogP contribution in [0.15, 0.2) is 146 Å². The average molecular weight is 811 g/mol. The number of unbranched alkanes of at least 4 members (excludes halogenated alkanes) is 2. The molecule has 0 heterocycles. The van der Waals surface area contributed by atoms with E-state index in [0.717, 1.165) is 89.9 Å². The fourth-order valence-electron chi connectivity index (χ4n) is 5.10. The molecule has 1 atom stereocenters. The van der Waals surface area contributed by atoms with Crippen LogP contribution >= 0.6 is 0 Å². The highest BCUT2D eigenvalue weighted by Gasteiger charge is 2.19. The van der Waals surface area contributed by atoms with Gasteiger partial charge in [-0.15, -0.1) is 0 Å². The molecule has 1 unspecified atom stereocenters. The summed E-state index contributed by atoms with van der Waals surface area (Å²) in [6.45, 7) is 6.07. The highest BCUT2D eigenvalue weighted by molar-refractivity contribution is 5.71. The van der Waals surface area contributed by atoms with Gasteiger partial charge in [-0.05, 0) is 109 Å². The first-order valence-electron chi connectivity index (χ1n) is 22.3. The van der Waals surface area contributed by atoms with Crippen LogP contribution in [0.1, 0.15) is 149 Å².